The minimum Gasteiger partial charge on any atom is -0.324 e. The number of fused-ring (bicyclic) bond motifs is 1. The quantitative estimate of drug-likeness (QED) is 0.484. The van der Waals surface area contributed by atoms with E-state index in [9.17, 15) is 0 Å². The molecule has 0 amide bonds. The Morgan fingerprint density at radius 3 is 3.00 bits per heavy atom. The number of aryl methyl sites for hydroxylation is 1. The zero-order chi connectivity index (χ0) is 18.2. The Kier molecular flexibility index (Phi) is 7.85. The molecule has 0 N–H and O–H groups in total. The van der Waals surface area contributed by atoms with Crippen LogP contribution in [0.2, 0.25) is 0 Å². The highest BCUT2D eigenvalue weighted by molar-refractivity contribution is 9.09. The highest BCUT2D eigenvalue weighted by Gasteiger charge is 2.25. The molecule has 2 aromatic heterocycles. The van der Waals surface area contributed by atoms with Gasteiger partial charge in [-0.15, -0.1) is 6.58 Å². The molecule has 0 aromatic carbocycles. The van der Waals surface area contributed by atoms with E-state index in [4.69, 9.17) is 0 Å². The van der Waals surface area contributed by atoms with E-state index in [1.165, 1.54) is 24.1 Å². The Morgan fingerprint density at radius 1 is 1.44 bits per heavy atom. The molecule has 2 unspecified atom stereocenters. The second kappa shape index (κ2) is 9.88. The van der Waals surface area contributed by atoms with Crippen molar-refractivity contribution in [2.45, 2.75) is 57.1 Å². The molecule has 0 saturated heterocycles. The molecule has 4 nitrogen and oxygen atoms in total. The molecule has 0 radical (unpaired) electrons. The molecule has 0 bridgehead atoms. The molecule has 2 heterocycles. The lowest BCUT2D eigenvalue weighted by molar-refractivity contribution is 0.206. The van der Waals surface area contributed by atoms with Crippen LogP contribution in [0.15, 0.2) is 43.5 Å². The number of hydrogen-bond acceptors (Lipinski definition) is 3. The summed E-state index contributed by atoms with van der Waals surface area (Å²) >= 11 is 3.65. The molecule has 0 saturated carbocycles. The van der Waals surface area contributed by atoms with E-state index >= 15 is 0 Å². The minimum absolute atomic E-state index is 0.226. The van der Waals surface area contributed by atoms with Crippen LogP contribution in [-0.2, 0) is 13.0 Å². The molecule has 5 heteroatoms. The number of alkyl halides is 1. The normalized spacial score (nSPS) is 17.4. The van der Waals surface area contributed by atoms with Gasteiger partial charge >= 0.3 is 0 Å². The van der Waals surface area contributed by atoms with Crippen LogP contribution in [0.5, 0.6) is 0 Å². The lowest BCUT2D eigenvalue weighted by atomic mass is 9.91. The highest BCUT2D eigenvalue weighted by atomic mass is 79.9. The van der Waals surface area contributed by atoms with Gasteiger partial charge in [0.15, 0.2) is 0 Å². The first-order chi connectivity index (χ1) is 12.2. The topological polar surface area (TPSA) is 34.0 Å². The summed E-state index contributed by atoms with van der Waals surface area (Å²) in [5, 5.41) is 0. The van der Waals surface area contributed by atoms with E-state index < -0.39 is 0 Å². The van der Waals surface area contributed by atoms with Gasteiger partial charge in [-0.3, -0.25) is 9.88 Å². The Bertz CT molecular complexity index is 667. The first kappa shape index (κ1) is 19.9. The van der Waals surface area contributed by atoms with Crippen LogP contribution < -0.4 is 0 Å². The van der Waals surface area contributed by atoms with Gasteiger partial charge < -0.3 is 4.57 Å². The maximum Gasteiger partial charge on any atom is 0.0959 e. The summed E-state index contributed by atoms with van der Waals surface area (Å²) in [7, 11) is 2.17. The van der Waals surface area contributed by atoms with Crippen LogP contribution in [0.1, 0.15) is 61.1 Å². The predicted molar refractivity (Wildman–Crippen MR) is 108 cm³/mol. The van der Waals surface area contributed by atoms with Gasteiger partial charge in [0, 0.05) is 18.9 Å². The van der Waals surface area contributed by atoms with E-state index in [1.807, 2.05) is 38.5 Å². The van der Waals surface area contributed by atoms with Crippen LogP contribution in [0, 0.1) is 0 Å². The van der Waals surface area contributed by atoms with E-state index in [0.717, 1.165) is 25.1 Å². The van der Waals surface area contributed by atoms with E-state index in [-0.39, 0.29) is 4.95 Å². The lowest BCUT2D eigenvalue weighted by Gasteiger charge is -2.31. The third kappa shape index (κ3) is 5.02. The number of rotatable bonds is 6. The van der Waals surface area contributed by atoms with Gasteiger partial charge in [-0.05, 0) is 44.4 Å². The summed E-state index contributed by atoms with van der Waals surface area (Å²) < 4.78 is 2.10. The third-order valence-corrected chi connectivity index (χ3v) is 5.30. The van der Waals surface area contributed by atoms with Crippen molar-refractivity contribution in [2.24, 2.45) is 0 Å². The summed E-state index contributed by atoms with van der Waals surface area (Å²) in [6, 6.07) is 4.64. The molecule has 0 aliphatic heterocycles. The maximum atomic E-state index is 4.64. The first-order valence-electron chi connectivity index (χ1n) is 9.10. The van der Waals surface area contributed by atoms with Crippen molar-refractivity contribution in [3.05, 3.63) is 60.5 Å². The summed E-state index contributed by atoms with van der Waals surface area (Å²) in [6.07, 6.45) is 12.2. The molecule has 0 fully saturated rings. The number of imidazole rings is 1. The fourth-order valence-electron chi connectivity index (χ4n) is 3.25. The monoisotopic (exact) mass is 404 g/mol. The summed E-state index contributed by atoms with van der Waals surface area (Å²) in [4.78, 5) is 11.8. The van der Waals surface area contributed by atoms with Crippen LogP contribution >= 0.6 is 15.9 Å². The zero-order valence-electron chi connectivity index (χ0n) is 15.5. The number of halogens is 1. The van der Waals surface area contributed by atoms with Crippen molar-refractivity contribution >= 4 is 15.9 Å². The molecule has 25 heavy (non-hydrogen) atoms. The molecular formula is C20H29BrN4. The second-order valence-electron chi connectivity index (χ2n) is 6.14. The van der Waals surface area contributed by atoms with Gasteiger partial charge in [0.25, 0.3) is 0 Å². The van der Waals surface area contributed by atoms with Crippen molar-refractivity contribution in [1.82, 2.24) is 19.4 Å². The summed E-state index contributed by atoms with van der Waals surface area (Å²) in [5.74, 6) is 0. The van der Waals surface area contributed by atoms with Gasteiger partial charge in [-0.25, -0.2) is 4.98 Å². The Hall–Kier alpha value is -1.46. The fourth-order valence-corrected chi connectivity index (χ4v) is 3.74. The van der Waals surface area contributed by atoms with Crippen LogP contribution in [-0.4, -0.2) is 26.5 Å². The molecule has 2 atom stereocenters. The van der Waals surface area contributed by atoms with E-state index in [1.54, 1.807) is 0 Å². The molecule has 136 valence electrons. The van der Waals surface area contributed by atoms with E-state index in [2.05, 4.69) is 61.3 Å². The largest absolute Gasteiger partial charge is 0.324 e. The average Bonchev–Trinajstić information content (AvgIpc) is 3.11. The van der Waals surface area contributed by atoms with Gasteiger partial charge in [-0.1, -0.05) is 41.9 Å². The van der Waals surface area contributed by atoms with Crippen molar-refractivity contribution in [2.75, 3.05) is 7.05 Å². The van der Waals surface area contributed by atoms with E-state index in [0.29, 0.717) is 6.04 Å². The van der Waals surface area contributed by atoms with Gasteiger partial charge in [0.05, 0.1) is 28.7 Å². The lowest BCUT2D eigenvalue weighted by Crippen LogP contribution is -2.28. The van der Waals surface area contributed by atoms with Crippen molar-refractivity contribution in [1.29, 1.82) is 0 Å². The van der Waals surface area contributed by atoms with Crippen LogP contribution in [0.3, 0.4) is 0 Å². The smallest absolute Gasteiger partial charge is 0.0959 e. The molecule has 2 aromatic rings. The minimum atomic E-state index is 0.226. The van der Waals surface area contributed by atoms with Crippen LogP contribution in [0.4, 0.5) is 0 Å². The number of hydrogen-bond donors (Lipinski definition) is 0. The standard InChI is InChI=1S/C18H23BrN4.C2H6/c1-3-6-17(19)23-12-15(21-13-23)11-22(2)16-9-4-7-14-8-5-10-20-18(14)16;1-2/h3,5,8,10,12-13,16-17H,1,4,6-7,9,11H2,2H3;1-2H3. The summed E-state index contributed by atoms with van der Waals surface area (Å²) in [5.41, 5.74) is 3.72. The molecule has 1 aliphatic rings. The Labute approximate surface area is 160 Å². The van der Waals surface area contributed by atoms with Crippen LogP contribution in [0.25, 0.3) is 0 Å². The zero-order valence-corrected chi connectivity index (χ0v) is 17.1. The molecule has 1 aliphatic carbocycles. The van der Waals surface area contributed by atoms with Crippen molar-refractivity contribution in [3.8, 4) is 0 Å². The van der Waals surface area contributed by atoms with Gasteiger partial charge in [0.2, 0.25) is 0 Å². The SMILES string of the molecule is C=CCC(Br)n1cnc(CN(C)C2CCCc3cccnc32)c1.CC. The number of aromatic nitrogens is 3. The maximum absolute atomic E-state index is 4.64. The third-order valence-electron chi connectivity index (χ3n) is 4.45. The second-order valence-corrected chi connectivity index (χ2v) is 7.20. The molecule has 3 rings (SSSR count). The Morgan fingerprint density at radius 2 is 2.24 bits per heavy atom. The first-order valence-corrected chi connectivity index (χ1v) is 10.0. The average molecular weight is 405 g/mol. The predicted octanol–water partition coefficient (Wildman–Crippen LogP) is 5.28. The Balaban J connectivity index is 0.00000109. The molecule has 0 spiro atoms. The van der Waals surface area contributed by atoms with Gasteiger partial charge in [-0.2, -0.15) is 0 Å². The highest BCUT2D eigenvalue weighted by Crippen LogP contribution is 2.32. The number of nitrogens with zero attached hydrogens (tertiary/aromatic N) is 4. The molecular weight excluding hydrogens is 376 g/mol. The number of pyridine rings is 1. The van der Waals surface area contributed by atoms with Gasteiger partial charge in [0.1, 0.15) is 0 Å². The fraction of sp³-hybridized carbons (Fsp3) is 0.500. The van der Waals surface area contributed by atoms with Crippen molar-refractivity contribution in [3.63, 3.8) is 0 Å². The number of allylic oxidation sites excluding steroid dienone is 1. The van der Waals surface area contributed by atoms with Crippen molar-refractivity contribution < 1.29 is 0 Å². The summed E-state index contributed by atoms with van der Waals surface area (Å²) in [6.45, 7) is 8.62.